The molecule has 1 N–H and O–H groups in total. The van der Waals surface area contributed by atoms with Crippen molar-refractivity contribution in [2.24, 2.45) is 0 Å². The van der Waals surface area contributed by atoms with E-state index in [4.69, 9.17) is 16.3 Å². The molecule has 1 aliphatic rings. The van der Waals surface area contributed by atoms with Gasteiger partial charge in [-0.15, -0.1) is 0 Å². The van der Waals surface area contributed by atoms with Crippen LogP contribution in [-0.4, -0.2) is 41.6 Å². The average molecular weight is 349 g/mol. The summed E-state index contributed by atoms with van der Waals surface area (Å²) in [4.78, 5) is 24.4. The van der Waals surface area contributed by atoms with E-state index in [1.807, 2.05) is 0 Å². The number of hydrogen-bond donors (Lipinski definition) is 1. The van der Waals surface area contributed by atoms with Crippen LogP contribution in [0.4, 0.5) is 0 Å². The number of carbonyl (C=O) groups is 2. The Labute approximate surface area is 123 Å². The number of morpholine rings is 1. The van der Waals surface area contributed by atoms with Gasteiger partial charge in [0.15, 0.2) is 6.10 Å². The number of benzene rings is 1. The molecule has 2 unspecified atom stereocenters. The maximum Gasteiger partial charge on any atom is 0.335 e. The van der Waals surface area contributed by atoms with Crippen LogP contribution in [0, 0.1) is 0 Å². The number of carboxylic acid groups (broad SMARTS) is 1. The zero-order chi connectivity index (χ0) is 14.2. The summed E-state index contributed by atoms with van der Waals surface area (Å²) < 4.78 is 5.81. The van der Waals surface area contributed by atoms with E-state index in [1.54, 1.807) is 25.2 Å². The monoisotopic (exact) mass is 347 g/mol. The minimum Gasteiger partial charge on any atom is -0.479 e. The Hall–Kier alpha value is -1.11. The number of hydrogen-bond acceptors (Lipinski definition) is 3. The molecule has 7 heteroatoms. The highest BCUT2D eigenvalue weighted by Crippen LogP contribution is 2.35. The maximum atomic E-state index is 11.7. The van der Waals surface area contributed by atoms with Gasteiger partial charge >= 0.3 is 5.97 Å². The lowest BCUT2D eigenvalue weighted by molar-refractivity contribution is -0.171. The summed E-state index contributed by atoms with van der Waals surface area (Å²) in [7, 11) is 1.55. The second-order valence-corrected chi connectivity index (χ2v) is 5.48. The Morgan fingerprint density at radius 1 is 1.58 bits per heavy atom. The van der Waals surface area contributed by atoms with Gasteiger partial charge in [-0.25, -0.2) is 4.79 Å². The summed E-state index contributed by atoms with van der Waals surface area (Å²) in [6.07, 6.45) is -1.11. The topological polar surface area (TPSA) is 66.8 Å². The number of halogens is 2. The normalized spacial score (nSPS) is 23.5. The van der Waals surface area contributed by atoms with Crippen LogP contribution < -0.4 is 0 Å². The fraction of sp³-hybridized carbons (Fsp3) is 0.333. The van der Waals surface area contributed by atoms with E-state index in [0.29, 0.717) is 15.1 Å². The van der Waals surface area contributed by atoms with Crippen LogP contribution >= 0.6 is 27.5 Å². The van der Waals surface area contributed by atoms with E-state index in [1.165, 1.54) is 4.90 Å². The molecule has 1 aromatic carbocycles. The van der Waals surface area contributed by atoms with E-state index in [-0.39, 0.29) is 12.5 Å². The van der Waals surface area contributed by atoms with Crippen LogP contribution in [0.15, 0.2) is 22.7 Å². The Balaban J connectivity index is 2.49. The first-order chi connectivity index (χ1) is 8.91. The molecule has 1 amide bonds. The van der Waals surface area contributed by atoms with Gasteiger partial charge < -0.3 is 14.7 Å². The van der Waals surface area contributed by atoms with Crippen molar-refractivity contribution >= 4 is 39.4 Å². The number of likely N-dealkylation sites (N-methyl/N-ethyl adjacent to an activating group) is 1. The van der Waals surface area contributed by atoms with Gasteiger partial charge in [-0.1, -0.05) is 27.5 Å². The molecule has 0 saturated carbocycles. The number of carbonyl (C=O) groups excluding carboxylic acids is 1. The van der Waals surface area contributed by atoms with Crippen LogP contribution in [0.1, 0.15) is 11.6 Å². The van der Waals surface area contributed by atoms with Crippen LogP contribution in [0.25, 0.3) is 0 Å². The highest BCUT2D eigenvalue weighted by molar-refractivity contribution is 9.10. The second kappa shape index (κ2) is 5.48. The molecule has 0 aliphatic carbocycles. The number of ether oxygens (including phenoxy) is 1. The predicted molar refractivity (Wildman–Crippen MR) is 72.0 cm³/mol. The van der Waals surface area contributed by atoms with Crippen LogP contribution in [0.3, 0.4) is 0 Å². The van der Waals surface area contributed by atoms with Crippen LogP contribution in [0.5, 0.6) is 0 Å². The van der Waals surface area contributed by atoms with Crippen LogP contribution in [-0.2, 0) is 14.3 Å². The third kappa shape index (κ3) is 2.75. The number of carboxylic acids is 1. The van der Waals surface area contributed by atoms with Crippen LogP contribution in [0.2, 0.25) is 5.02 Å². The van der Waals surface area contributed by atoms with Gasteiger partial charge in [0, 0.05) is 16.5 Å². The average Bonchev–Trinajstić information content (AvgIpc) is 2.35. The number of nitrogens with zero attached hydrogens (tertiary/aromatic N) is 1. The van der Waals surface area contributed by atoms with Crippen molar-refractivity contribution in [3.05, 3.63) is 33.3 Å². The van der Waals surface area contributed by atoms with E-state index in [9.17, 15) is 14.7 Å². The number of rotatable bonds is 2. The lowest BCUT2D eigenvalue weighted by atomic mass is 9.98. The summed E-state index contributed by atoms with van der Waals surface area (Å²) >= 11 is 9.28. The van der Waals surface area contributed by atoms with Crippen molar-refractivity contribution in [2.75, 3.05) is 13.7 Å². The summed E-state index contributed by atoms with van der Waals surface area (Å²) in [6.45, 7) is -0.234. The third-order valence-corrected chi connectivity index (χ3v) is 3.96. The van der Waals surface area contributed by atoms with Gasteiger partial charge in [0.25, 0.3) is 0 Å². The Kier molecular flexibility index (Phi) is 4.13. The first kappa shape index (κ1) is 14.3. The fourth-order valence-corrected chi connectivity index (χ4v) is 2.69. The molecule has 1 aromatic rings. The predicted octanol–water partition coefficient (Wildman–Crippen LogP) is 2.09. The molecule has 1 aliphatic heterocycles. The van der Waals surface area contributed by atoms with Crippen molar-refractivity contribution < 1.29 is 19.4 Å². The van der Waals surface area contributed by atoms with E-state index >= 15 is 0 Å². The number of aliphatic carboxylic acids is 1. The van der Waals surface area contributed by atoms with E-state index in [0.717, 1.165) is 0 Å². The second-order valence-electron chi connectivity index (χ2n) is 4.19. The van der Waals surface area contributed by atoms with Crippen molar-refractivity contribution in [1.29, 1.82) is 0 Å². The summed E-state index contributed by atoms with van der Waals surface area (Å²) in [5.74, 6) is -1.38. The summed E-state index contributed by atoms with van der Waals surface area (Å²) in [5, 5.41) is 9.69. The standard InChI is InChI=1S/C12H11BrClNO4/c1-15-9(16)5-19-11(12(17)18)10(15)7-4-6(14)2-3-8(7)13/h2-4,10-11H,5H2,1H3,(H,17,18). The Morgan fingerprint density at radius 3 is 2.89 bits per heavy atom. The molecule has 19 heavy (non-hydrogen) atoms. The van der Waals surface area contributed by atoms with Gasteiger partial charge in [-0.2, -0.15) is 0 Å². The number of amides is 1. The largest absolute Gasteiger partial charge is 0.479 e. The molecule has 5 nitrogen and oxygen atoms in total. The molecule has 0 aromatic heterocycles. The van der Waals surface area contributed by atoms with E-state index < -0.39 is 18.1 Å². The first-order valence-corrected chi connectivity index (χ1v) is 6.64. The molecular weight excluding hydrogens is 337 g/mol. The third-order valence-electron chi connectivity index (χ3n) is 3.00. The zero-order valence-corrected chi connectivity index (χ0v) is 12.3. The first-order valence-electron chi connectivity index (χ1n) is 5.47. The van der Waals surface area contributed by atoms with Gasteiger partial charge in [0.2, 0.25) is 5.91 Å². The minimum absolute atomic E-state index is 0.234. The molecule has 0 spiro atoms. The summed E-state index contributed by atoms with van der Waals surface area (Å²) in [5.41, 5.74) is 0.607. The fourth-order valence-electron chi connectivity index (χ4n) is 2.03. The zero-order valence-electron chi connectivity index (χ0n) is 9.97. The van der Waals surface area contributed by atoms with Gasteiger partial charge in [-0.05, 0) is 23.8 Å². The smallest absolute Gasteiger partial charge is 0.335 e. The molecule has 1 heterocycles. The van der Waals surface area contributed by atoms with E-state index in [2.05, 4.69) is 15.9 Å². The molecule has 1 saturated heterocycles. The maximum absolute atomic E-state index is 11.7. The lowest BCUT2D eigenvalue weighted by Gasteiger charge is -2.37. The van der Waals surface area contributed by atoms with Crippen molar-refractivity contribution in [3.63, 3.8) is 0 Å². The highest BCUT2D eigenvalue weighted by atomic mass is 79.9. The molecule has 102 valence electrons. The molecule has 0 radical (unpaired) electrons. The quantitative estimate of drug-likeness (QED) is 0.889. The van der Waals surface area contributed by atoms with Crippen molar-refractivity contribution in [1.82, 2.24) is 4.90 Å². The minimum atomic E-state index is -1.11. The lowest BCUT2D eigenvalue weighted by Crippen LogP contribution is -2.50. The van der Waals surface area contributed by atoms with Crippen molar-refractivity contribution in [2.45, 2.75) is 12.1 Å². The molecular formula is C12H11BrClNO4. The molecule has 0 bridgehead atoms. The van der Waals surface area contributed by atoms with Crippen molar-refractivity contribution in [3.8, 4) is 0 Å². The molecule has 2 rings (SSSR count). The Bertz CT molecular complexity index is 536. The SMILES string of the molecule is CN1C(=O)COC(C(=O)O)C1c1cc(Cl)ccc1Br. The molecule has 2 atom stereocenters. The van der Waals surface area contributed by atoms with Gasteiger partial charge in [0.1, 0.15) is 6.61 Å². The highest BCUT2D eigenvalue weighted by Gasteiger charge is 2.40. The van der Waals surface area contributed by atoms with Gasteiger partial charge in [-0.3, -0.25) is 4.79 Å². The molecule has 1 fully saturated rings. The Morgan fingerprint density at radius 2 is 2.26 bits per heavy atom. The summed E-state index contributed by atoms with van der Waals surface area (Å²) in [6, 6.07) is 4.30. The van der Waals surface area contributed by atoms with Gasteiger partial charge in [0.05, 0.1) is 6.04 Å².